The van der Waals surface area contributed by atoms with E-state index in [1.54, 1.807) is 0 Å². The molecule has 0 heterocycles. The molecule has 1 nitrogen and oxygen atoms in total. The molecule has 3 atom stereocenters. The van der Waals surface area contributed by atoms with Crippen molar-refractivity contribution in [2.75, 3.05) is 0 Å². The van der Waals surface area contributed by atoms with Crippen LogP contribution in [0.2, 0.25) is 0 Å². The molecule has 0 saturated carbocycles. The van der Waals surface area contributed by atoms with Crippen molar-refractivity contribution in [2.45, 2.75) is 46.1 Å². The Morgan fingerprint density at radius 1 is 1.62 bits per heavy atom. The summed E-state index contributed by atoms with van der Waals surface area (Å²) >= 11 is 0. The van der Waals surface area contributed by atoms with Crippen molar-refractivity contribution in [2.24, 2.45) is 11.8 Å². The molecule has 1 rings (SSSR count). The molecule has 0 aliphatic heterocycles. The van der Waals surface area contributed by atoms with Gasteiger partial charge in [0.1, 0.15) is 0 Å². The van der Waals surface area contributed by atoms with Gasteiger partial charge >= 0.3 is 0 Å². The molecule has 0 spiro atoms. The van der Waals surface area contributed by atoms with E-state index < -0.39 is 0 Å². The van der Waals surface area contributed by atoms with Crippen LogP contribution in [0.1, 0.15) is 40.0 Å². The van der Waals surface area contributed by atoms with Gasteiger partial charge in [-0.25, -0.2) is 0 Å². The first kappa shape index (κ1) is 13.2. The SMILES string of the molecule is C=C1C=C[C@H]([C@H](C)CC(O)C=C(C)C)CC1. The zero-order valence-electron chi connectivity index (χ0n) is 10.7. The summed E-state index contributed by atoms with van der Waals surface area (Å²) in [6.07, 6.45) is 9.18. The fourth-order valence-corrected chi connectivity index (χ4v) is 2.27. The maximum Gasteiger partial charge on any atom is 0.0726 e. The highest BCUT2D eigenvalue weighted by atomic mass is 16.3. The lowest BCUT2D eigenvalue weighted by molar-refractivity contribution is 0.174. The lowest BCUT2D eigenvalue weighted by atomic mass is 9.81. The highest BCUT2D eigenvalue weighted by Crippen LogP contribution is 2.29. The fraction of sp³-hybridized carbons (Fsp3) is 0.600. The first-order valence-corrected chi connectivity index (χ1v) is 6.18. The molecule has 1 N–H and O–H groups in total. The summed E-state index contributed by atoms with van der Waals surface area (Å²) in [5, 5.41) is 9.85. The molecular weight excluding hydrogens is 196 g/mol. The van der Waals surface area contributed by atoms with Crippen LogP contribution in [0.4, 0.5) is 0 Å². The summed E-state index contributed by atoms with van der Waals surface area (Å²) in [4.78, 5) is 0. The third kappa shape index (κ3) is 4.36. The highest BCUT2D eigenvalue weighted by molar-refractivity contribution is 5.19. The summed E-state index contributed by atoms with van der Waals surface area (Å²) < 4.78 is 0. The minimum atomic E-state index is -0.293. The molecule has 0 aromatic rings. The molecule has 16 heavy (non-hydrogen) atoms. The molecule has 1 heteroatoms. The largest absolute Gasteiger partial charge is 0.389 e. The van der Waals surface area contributed by atoms with E-state index in [-0.39, 0.29) is 6.10 Å². The Bertz CT molecular complexity index is 295. The Morgan fingerprint density at radius 2 is 2.31 bits per heavy atom. The maximum atomic E-state index is 9.85. The van der Waals surface area contributed by atoms with Crippen LogP contribution in [0.3, 0.4) is 0 Å². The van der Waals surface area contributed by atoms with E-state index in [4.69, 9.17) is 0 Å². The molecule has 0 radical (unpaired) electrons. The molecule has 0 aromatic carbocycles. The van der Waals surface area contributed by atoms with E-state index in [1.807, 2.05) is 19.9 Å². The Balaban J connectivity index is 2.46. The second-order valence-electron chi connectivity index (χ2n) is 5.24. The van der Waals surface area contributed by atoms with Crippen LogP contribution in [0, 0.1) is 11.8 Å². The minimum Gasteiger partial charge on any atom is -0.389 e. The molecule has 1 unspecified atom stereocenters. The summed E-state index contributed by atoms with van der Waals surface area (Å²) in [7, 11) is 0. The van der Waals surface area contributed by atoms with Crippen LogP contribution < -0.4 is 0 Å². The Morgan fingerprint density at radius 3 is 2.81 bits per heavy atom. The summed E-state index contributed by atoms with van der Waals surface area (Å²) in [6, 6.07) is 0. The predicted molar refractivity (Wildman–Crippen MR) is 70.2 cm³/mol. The van der Waals surface area contributed by atoms with Crippen molar-refractivity contribution >= 4 is 0 Å². The van der Waals surface area contributed by atoms with Crippen molar-refractivity contribution in [3.8, 4) is 0 Å². The molecule has 0 amide bonds. The van der Waals surface area contributed by atoms with Gasteiger partial charge in [-0.15, -0.1) is 0 Å². The third-order valence-corrected chi connectivity index (χ3v) is 3.25. The highest BCUT2D eigenvalue weighted by Gasteiger charge is 2.19. The molecule has 0 aromatic heterocycles. The number of aliphatic hydroxyl groups is 1. The zero-order valence-corrected chi connectivity index (χ0v) is 10.7. The molecule has 1 aliphatic carbocycles. The number of hydrogen-bond acceptors (Lipinski definition) is 1. The third-order valence-electron chi connectivity index (χ3n) is 3.25. The zero-order chi connectivity index (χ0) is 12.1. The van der Waals surface area contributed by atoms with Crippen molar-refractivity contribution in [1.29, 1.82) is 0 Å². The summed E-state index contributed by atoms with van der Waals surface area (Å²) in [5.41, 5.74) is 2.42. The topological polar surface area (TPSA) is 20.2 Å². The van der Waals surface area contributed by atoms with E-state index in [9.17, 15) is 5.11 Å². The summed E-state index contributed by atoms with van der Waals surface area (Å²) in [6.45, 7) is 10.2. The van der Waals surface area contributed by atoms with Gasteiger partial charge in [-0.05, 0) is 44.9 Å². The first-order valence-electron chi connectivity index (χ1n) is 6.18. The normalized spacial score (nSPS) is 24.0. The van der Waals surface area contributed by atoms with Gasteiger partial charge in [0.05, 0.1) is 6.10 Å². The van der Waals surface area contributed by atoms with Crippen LogP contribution in [0.15, 0.2) is 36.0 Å². The van der Waals surface area contributed by atoms with Crippen LogP contribution in [-0.4, -0.2) is 11.2 Å². The fourth-order valence-electron chi connectivity index (χ4n) is 2.27. The second-order valence-corrected chi connectivity index (χ2v) is 5.24. The van der Waals surface area contributed by atoms with Crippen LogP contribution in [-0.2, 0) is 0 Å². The van der Waals surface area contributed by atoms with Gasteiger partial charge in [-0.2, -0.15) is 0 Å². The summed E-state index contributed by atoms with van der Waals surface area (Å²) in [5.74, 6) is 1.14. The number of aliphatic hydroxyl groups excluding tert-OH is 1. The van der Waals surface area contributed by atoms with Gasteiger partial charge < -0.3 is 5.11 Å². The van der Waals surface area contributed by atoms with Gasteiger partial charge in [0.15, 0.2) is 0 Å². The predicted octanol–water partition coefficient (Wildman–Crippen LogP) is 3.86. The Labute approximate surface area is 99.6 Å². The average molecular weight is 220 g/mol. The van der Waals surface area contributed by atoms with Gasteiger partial charge in [0.25, 0.3) is 0 Å². The monoisotopic (exact) mass is 220 g/mol. The van der Waals surface area contributed by atoms with Crippen molar-refractivity contribution < 1.29 is 5.11 Å². The maximum absolute atomic E-state index is 9.85. The number of hydrogen-bond donors (Lipinski definition) is 1. The van der Waals surface area contributed by atoms with Crippen molar-refractivity contribution in [3.63, 3.8) is 0 Å². The molecule has 0 bridgehead atoms. The Hall–Kier alpha value is -0.820. The van der Waals surface area contributed by atoms with Crippen molar-refractivity contribution in [3.05, 3.63) is 36.0 Å². The van der Waals surface area contributed by atoms with Crippen molar-refractivity contribution in [1.82, 2.24) is 0 Å². The van der Waals surface area contributed by atoms with E-state index in [0.717, 1.165) is 12.8 Å². The standard InChI is InChI=1S/C15H24O/c1-11(2)9-15(16)10-13(4)14-7-5-12(3)6-8-14/h5,7,9,13-16H,3,6,8,10H2,1-2,4H3/t13-,14+,15?/m1/s1. The van der Waals surface area contributed by atoms with Gasteiger partial charge in [-0.1, -0.05) is 42.9 Å². The number of rotatable bonds is 4. The van der Waals surface area contributed by atoms with E-state index >= 15 is 0 Å². The first-order chi connectivity index (χ1) is 7.49. The van der Waals surface area contributed by atoms with Gasteiger partial charge in [0.2, 0.25) is 0 Å². The van der Waals surface area contributed by atoms with Crippen LogP contribution in [0.5, 0.6) is 0 Å². The molecule has 1 aliphatic rings. The quantitative estimate of drug-likeness (QED) is 0.713. The van der Waals surface area contributed by atoms with E-state index in [0.29, 0.717) is 11.8 Å². The van der Waals surface area contributed by atoms with Gasteiger partial charge in [0, 0.05) is 0 Å². The lowest BCUT2D eigenvalue weighted by Crippen LogP contribution is -2.18. The lowest BCUT2D eigenvalue weighted by Gasteiger charge is -2.25. The minimum absolute atomic E-state index is 0.293. The second kappa shape index (κ2) is 6.05. The molecule has 90 valence electrons. The Kier molecular flexibility index (Phi) is 5.01. The van der Waals surface area contributed by atoms with E-state index in [2.05, 4.69) is 25.7 Å². The molecular formula is C15H24O. The van der Waals surface area contributed by atoms with Gasteiger partial charge in [-0.3, -0.25) is 0 Å². The molecule has 0 saturated heterocycles. The smallest absolute Gasteiger partial charge is 0.0726 e. The van der Waals surface area contributed by atoms with Crippen LogP contribution in [0.25, 0.3) is 0 Å². The average Bonchev–Trinajstić information content (AvgIpc) is 2.16. The van der Waals surface area contributed by atoms with Crippen LogP contribution >= 0.6 is 0 Å². The van der Waals surface area contributed by atoms with E-state index in [1.165, 1.54) is 17.6 Å². The molecule has 0 fully saturated rings. The number of allylic oxidation sites excluding steroid dienone is 4.